The molecule has 0 atom stereocenters. The van der Waals surface area contributed by atoms with Crippen molar-refractivity contribution < 1.29 is 14.3 Å². The monoisotopic (exact) mass is 293 g/mol. The third kappa shape index (κ3) is 3.27. The average Bonchev–Trinajstić information content (AvgIpc) is 3.05. The minimum absolute atomic E-state index is 0.184. The molecule has 8 nitrogen and oxygen atoms in total. The summed E-state index contributed by atoms with van der Waals surface area (Å²) in [6.45, 7) is 3.23. The Morgan fingerprint density at radius 3 is 2.86 bits per heavy atom. The number of esters is 1. The standard InChI is InChI=1S/C13H19N5O3/c1-4-21-13(19)10-11(12-14-6-8-17(12)2)18(16-15-10)7-5-9-20-3/h6,8H,4-5,7,9H2,1-3H3. The van der Waals surface area contributed by atoms with Crippen LogP contribution in [0.1, 0.15) is 23.8 Å². The summed E-state index contributed by atoms with van der Waals surface area (Å²) < 4.78 is 13.5. The van der Waals surface area contributed by atoms with Crippen LogP contribution < -0.4 is 0 Å². The minimum atomic E-state index is -0.492. The molecule has 0 aliphatic rings. The molecule has 114 valence electrons. The summed E-state index contributed by atoms with van der Waals surface area (Å²) in [6.07, 6.45) is 4.23. The predicted octanol–water partition coefficient (Wildman–Crippen LogP) is 0.892. The molecule has 0 aliphatic heterocycles. The van der Waals surface area contributed by atoms with Crippen molar-refractivity contribution in [3.05, 3.63) is 18.1 Å². The molecule has 0 amide bonds. The average molecular weight is 293 g/mol. The summed E-state index contributed by atoms with van der Waals surface area (Å²) in [5.41, 5.74) is 0.751. The maximum absolute atomic E-state index is 12.0. The van der Waals surface area contributed by atoms with E-state index in [4.69, 9.17) is 9.47 Å². The van der Waals surface area contributed by atoms with Gasteiger partial charge in [0.1, 0.15) is 5.69 Å². The highest BCUT2D eigenvalue weighted by molar-refractivity contribution is 5.93. The van der Waals surface area contributed by atoms with Crippen LogP contribution in [-0.4, -0.2) is 50.8 Å². The van der Waals surface area contributed by atoms with E-state index in [1.165, 1.54) is 0 Å². The third-order valence-electron chi connectivity index (χ3n) is 2.96. The van der Waals surface area contributed by atoms with Crippen molar-refractivity contribution in [2.24, 2.45) is 7.05 Å². The van der Waals surface area contributed by atoms with E-state index in [-0.39, 0.29) is 12.3 Å². The fourth-order valence-corrected chi connectivity index (χ4v) is 1.98. The van der Waals surface area contributed by atoms with Crippen LogP contribution in [0.25, 0.3) is 11.5 Å². The van der Waals surface area contributed by atoms with Crippen LogP contribution in [0.4, 0.5) is 0 Å². The first-order chi connectivity index (χ1) is 10.2. The minimum Gasteiger partial charge on any atom is -0.461 e. The zero-order valence-electron chi connectivity index (χ0n) is 12.4. The van der Waals surface area contributed by atoms with E-state index in [0.29, 0.717) is 24.7 Å². The van der Waals surface area contributed by atoms with Crippen LogP contribution in [0, 0.1) is 0 Å². The Hall–Kier alpha value is -2.22. The fourth-order valence-electron chi connectivity index (χ4n) is 1.98. The van der Waals surface area contributed by atoms with E-state index in [1.54, 1.807) is 31.1 Å². The van der Waals surface area contributed by atoms with Gasteiger partial charge < -0.3 is 14.0 Å². The first-order valence-corrected chi connectivity index (χ1v) is 6.76. The van der Waals surface area contributed by atoms with Crippen molar-refractivity contribution in [3.63, 3.8) is 0 Å². The van der Waals surface area contributed by atoms with Crippen LogP contribution in [-0.2, 0) is 23.1 Å². The second kappa shape index (κ2) is 6.98. The third-order valence-corrected chi connectivity index (χ3v) is 2.96. The molecule has 0 bridgehead atoms. The molecule has 0 aromatic carbocycles. The SMILES string of the molecule is CCOC(=O)c1nnn(CCCOC)c1-c1nccn1C. The number of aromatic nitrogens is 5. The first kappa shape index (κ1) is 15.2. The second-order valence-corrected chi connectivity index (χ2v) is 4.44. The molecule has 2 heterocycles. The lowest BCUT2D eigenvalue weighted by atomic mass is 10.3. The van der Waals surface area contributed by atoms with E-state index >= 15 is 0 Å². The Kier molecular flexibility index (Phi) is 5.04. The molecule has 0 saturated heterocycles. The lowest BCUT2D eigenvalue weighted by Crippen LogP contribution is -2.11. The lowest BCUT2D eigenvalue weighted by molar-refractivity contribution is 0.0520. The summed E-state index contributed by atoms with van der Waals surface area (Å²) in [7, 11) is 3.49. The number of carbonyl (C=O) groups is 1. The van der Waals surface area contributed by atoms with E-state index in [0.717, 1.165) is 6.42 Å². The summed E-state index contributed by atoms with van der Waals surface area (Å²) in [6, 6.07) is 0. The number of nitrogens with zero attached hydrogens (tertiary/aromatic N) is 5. The highest BCUT2D eigenvalue weighted by Gasteiger charge is 2.24. The van der Waals surface area contributed by atoms with E-state index in [1.807, 2.05) is 11.6 Å². The van der Waals surface area contributed by atoms with E-state index in [2.05, 4.69) is 15.3 Å². The Balaban J connectivity index is 2.38. The van der Waals surface area contributed by atoms with Crippen molar-refractivity contribution in [3.8, 4) is 11.5 Å². The van der Waals surface area contributed by atoms with Gasteiger partial charge in [-0.25, -0.2) is 14.5 Å². The number of carbonyl (C=O) groups excluding carboxylic acids is 1. The van der Waals surface area contributed by atoms with Gasteiger partial charge in [0.25, 0.3) is 0 Å². The molecular weight excluding hydrogens is 274 g/mol. The van der Waals surface area contributed by atoms with Crippen LogP contribution >= 0.6 is 0 Å². The van der Waals surface area contributed by atoms with Crippen molar-refractivity contribution in [1.29, 1.82) is 0 Å². The summed E-state index contributed by atoms with van der Waals surface area (Å²) in [4.78, 5) is 16.3. The molecule has 0 radical (unpaired) electrons. The molecule has 0 unspecified atom stereocenters. The molecule has 21 heavy (non-hydrogen) atoms. The van der Waals surface area contributed by atoms with Gasteiger partial charge >= 0.3 is 5.97 Å². The molecule has 0 aliphatic carbocycles. The molecule has 8 heteroatoms. The summed E-state index contributed by atoms with van der Waals surface area (Å²) in [5.74, 6) is 0.133. The quantitative estimate of drug-likeness (QED) is 0.557. The Morgan fingerprint density at radius 1 is 1.43 bits per heavy atom. The topological polar surface area (TPSA) is 84.1 Å². The van der Waals surface area contributed by atoms with Gasteiger partial charge in [0.05, 0.1) is 6.61 Å². The van der Waals surface area contributed by atoms with Gasteiger partial charge in [-0.15, -0.1) is 5.10 Å². The molecule has 2 rings (SSSR count). The number of rotatable bonds is 7. The van der Waals surface area contributed by atoms with Crippen molar-refractivity contribution >= 4 is 5.97 Å². The molecule has 0 saturated carbocycles. The number of aryl methyl sites for hydroxylation is 2. The number of hydrogen-bond acceptors (Lipinski definition) is 6. The highest BCUT2D eigenvalue weighted by atomic mass is 16.5. The zero-order chi connectivity index (χ0) is 15.2. The number of hydrogen-bond donors (Lipinski definition) is 0. The van der Waals surface area contributed by atoms with Gasteiger partial charge in [0.15, 0.2) is 5.82 Å². The summed E-state index contributed by atoms with van der Waals surface area (Å²) >= 11 is 0. The molecule has 0 fully saturated rings. The van der Waals surface area contributed by atoms with Crippen molar-refractivity contribution in [1.82, 2.24) is 24.5 Å². The largest absolute Gasteiger partial charge is 0.461 e. The normalized spacial score (nSPS) is 10.8. The van der Waals surface area contributed by atoms with E-state index in [9.17, 15) is 4.79 Å². The Labute approximate surface area is 122 Å². The maximum Gasteiger partial charge on any atom is 0.361 e. The molecule has 2 aromatic rings. The van der Waals surface area contributed by atoms with E-state index < -0.39 is 5.97 Å². The smallest absolute Gasteiger partial charge is 0.361 e. The number of imidazole rings is 1. The fraction of sp³-hybridized carbons (Fsp3) is 0.538. The van der Waals surface area contributed by atoms with Crippen LogP contribution in [0.15, 0.2) is 12.4 Å². The number of methoxy groups -OCH3 is 1. The van der Waals surface area contributed by atoms with Crippen LogP contribution in [0.2, 0.25) is 0 Å². The number of ether oxygens (including phenoxy) is 2. The molecular formula is C13H19N5O3. The second-order valence-electron chi connectivity index (χ2n) is 4.44. The van der Waals surface area contributed by atoms with Gasteiger partial charge in [-0.1, -0.05) is 5.21 Å². The van der Waals surface area contributed by atoms with Gasteiger partial charge in [-0.2, -0.15) is 0 Å². The van der Waals surface area contributed by atoms with Crippen LogP contribution in [0.3, 0.4) is 0 Å². The van der Waals surface area contributed by atoms with Crippen molar-refractivity contribution in [2.45, 2.75) is 19.9 Å². The Bertz CT molecular complexity index is 605. The van der Waals surface area contributed by atoms with Gasteiger partial charge in [-0.3, -0.25) is 0 Å². The predicted molar refractivity (Wildman–Crippen MR) is 74.7 cm³/mol. The van der Waals surface area contributed by atoms with Gasteiger partial charge in [-0.05, 0) is 13.3 Å². The van der Waals surface area contributed by atoms with Crippen LogP contribution in [0.5, 0.6) is 0 Å². The van der Waals surface area contributed by atoms with Gasteiger partial charge in [0.2, 0.25) is 5.69 Å². The zero-order valence-corrected chi connectivity index (χ0v) is 12.4. The molecule has 0 spiro atoms. The summed E-state index contributed by atoms with van der Waals surface area (Å²) in [5, 5.41) is 8.00. The maximum atomic E-state index is 12.0. The molecule has 0 N–H and O–H groups in total. The molecule has 2 aromatic heterocycles. The highest BCUT2D eigenvalue weighted by Crippen LogP contribution is 2.21. The van der Waals surface area contributed by atoms with Gasteiger partial charge in [0, 0.05) is 39.7 Å². The lowest BCUT2D eigenvalue weighted by Gasteiger charge is -2.07. The Morgan fingerprint density at radius 2 is 2.24 bits per heavy atom. The van der Waals surface area contributed by atoms with Crippen molar-refractivity contribution in [2.75, 3.05) is 20.3 Å². The first-order valence-electron chi connectivity index (χ1n) is 6.76.